The van der Waals surface area contributed by atoms with E-state index in [-0.39, 0.29) is 0 Å². The van der Waals surface area contributed by atoms with Crippen LogP contribution in [0.25, 0.3) is 0 Å². The molecule has 2 fully saturated rings. The van der Waals surface area contributed by atoms with Gasteiger partial charge in [0.15, 0.2) is 5.88 Å². The molecule has 3 heterocycles. The van der Waals surface area contributed by atoms with Crippen molar-refractivity contribution in [3.63, 3.8) is 0 Å². The first kappa shape index (κ1) is 25.6. The van der Waals surface area contributed by atoms with E-state index in [1.54, 1.807) is 7.11 Å². The molecule has 0 spiro atoms. The molecule has 192 valence electrons. The highest BCUT2D eigenvalue weighted by Crippen LogP contribution is 2.30. The van der Waals surface area contributed by atoms with Crippen molar-refractivity contribution in [2.24, 2.45) is 20.4 Å². The Morgan fingerprint density at radius 1 is 1.23 bits per heavy atom. The number of nitrogens with one attached hydrogen (secondary N) is 3. The molecule has 1 saturated heterocycles. The standard InChI is InChI=1S/C25H39N7O3/c1-18(15-33-2)29-19-3-5-20(6-4-19)30-24-28-11-7-21(31-24)23-27-12-8-22(32-23)35-17-25(16-26)9-13-34-14-10-25/h8,18-20,29H,3-7,9-15,17H2,1-2H3,(H,27,32)(H,28,30)/t18-,19?,20?/m1/s1. The molecule has 35 heavy (non-hydrogen) atoms. The van der Waals surface area contributed by atoms with E-state index in [1.165, 1.54) is 0 Å². The first-order valence-corrected chi connectivity index (χ1v) is 12.9. The van der Waals surface area contributed by atoms with Crippen molar-refractivity contribution in [3.05, 3.63) is 12.0 Å². The van der Waals surface area contributed by atoms with Crippen LogP contribution in [0.2, 0.25) is 0 Å². The maximum Gasteiger partial charge on any atom is 0.218 e. The zero-order chi connectivity index (χ0) is 24.5. The number of rotatable bonds is 9. The lowest BCUT2D eigenvalue weighted by Crippen LogP contribution is -2.46. The first-order valence-electron chi connectivity index (χ1n) is 12.9. The van der Waals surface area contributed by atoms with E-state index in [4.69, 9.17) is 19.2 Å². The van der Waals surface area contributed by atoms with Gasteiger partial charge in [0, 0.05) is 51.4 Å². The lowest BCUT2D eigenvalue weighted by Gasteiger charge is -2.32. The minimum Gasteiger partial charge on any atom is -0.477 e. The summed E-state index contributed by atoms with van der Waals surface area (Å²) < 4.78 is 16.7. The molecule has 4 rings (SSSR count). The van der Waals surface area contributed by atoms with Crippen molar-refractivity contribution < 1.29 is 14.2 Å². The molecular weight excluding hydrogens is 446 g/mol. The lowest BCUT2D eigenvalue weighted by molar-refractivity contribution is 0.00329. The van der Waals surface area contributed by atoms with Gasteiger partial charge in [0.1, 0.15) is 12.4 Å². The van der Waals surface area contributed by atoms with Crippen molar-refractivity contribution in [1.29, 1.82) is 5.26 Å². The minimum absolute atomic E-state index is 0.349. The molecule has 1 atom stereocenters. The third kappa shape index (κ3) is 7.26. The molecule has 10 heteroatoms. The highest BCUT2D eigenvalue weighted by Gasteiger charge is 2.34. The van der Waals surface area contributed by atoms with Crippen LogP contribution in [0.4, 0.5) is 0 Å². The summed E-state index contributed by atoms with van der Waals surface area (Å²) in [4.78, 5) is 14.0. The Bertz CT molecular complexity index is 878. The Morgan fingerprint density at radius 3 is 2.74 bits per heavy atom. The summed E-state index contributed by atoms with van der Waals surface area (Å²) in [5.41, 5.74) is 0.402. The van der Waals surface area contributed by atoms with Crippen LogP contribution in [-0.4, -0.2) is 82.3 Å². The van der Waals surface area contributed by atoms with Gasteiger partial charge in [-0.15, -0.1) is 0 Å². The third-order valence-electron chi connectivity index (χ3n) is 7.08. The highest BCUT2D eigenvalue weighted by molar-refractivity contribution is 6.43. The fourth-order valence-electron chi connectivity index (χ4n) is 4.98. The molecule has 0 aromatic rings. The van der Waals surface area contributed by atoms with Gasteiger partial charge in [-0.3, -0.25) is 9.98 Å². The van der Waals surface area contributed by atoms with Gasteiger partial charge in [-0.2, -0.15) is 5.26 Å². The molecule has 0 aromatic heterocycles. The van der Waals surface area contributed by atoms with Gasteiger partial charge in [0.05, 0.1) is 30.3 Å². The van der Waals surface area contributed by atoms with E-state index in [9.17, 15) is 5.26 Å². The summed E-state index contributed by atoms with van der Waals surface area (Å²) in [6.45, 7) is 5.67. The Labute approximate surface area is 208 Å². The van der Waals surface area contributed by atoms with Crippen molar-refractivity contribution >= 4 is 17.5 Å². The Kier molecular flexibility index (Phi) is 9.12. The number of nitrogens with zero attached hydrogens (tertiary/aromatic N) is 4. The number of hydrogen-bond donors (Lipinski definition) is 3. The van der Waals surface area contributed by atoms with Crippen LogP contribution in [0.5, 0.6) is 0 Å². The Balaban J connectivity index is 1.25. The van der Waals surface area contributed by atoms with Crippen LogP contribution in [0.1, 0.15) is 51.9 Å². The molecular formula is C25H39N7O3. The Hall–Kier alpha value is -2.48. The van der Waals surface area contributed by atoms with Gasteiger partial charge in [-0.25, -0.2) is 4.99 Å². The molecule has 3 N–H and O–H groups in total. The van der Waals surface area contributed by atoms with Gasteiger partial charge in [-0.1, -0.05) is 0 Å². The highest BCUT2D eigenvalue weighted by atomic mass is 16.5. The number of guanidine groups is 1. The Morgan fingerprint density at radius 2 is 2.00 bits per heavy atom. The molecule has 0 bridgehead atoms. The van der Waals surface area contributed by atoms with Gasteiger partial charge < -0.3 is 30.2 Å². The van der Waals surface area contributed by atoms with Crippen molar-refractivity contribution in [3.8, 4) is 6.07 Å². The SMILES string of the molecule is COC[C@@H](C)NC1CCC(NC2=NCCC(C3=NCC=C(OCC4(C#N)CCOCC4)N3)=N2)CC1. The summed E-state index contributed by atoms with van der Waals surface area (Å²) in [5.74, 6) is 2.07. The van der Waals surface area contributed by atoms with Crippen molar-refractivity contribution in [2.45, 2.75) is 70.0 Å². The van der Waals surface area contributed by atoms with Gasteiger partial charge in [0.25, 0.3) is 0 Å². The van der Waals surface area contributed by atoms with E-state index in [0.717, 1.165) is 50.3 Å². The average molecular weight is 486 g/mol. The fourth-order valence-corrected chi connectivity index (χ4v) is 4.98. The fraction of sp³-hybridized carbons (Fsp3) is 0.760. The van der Waals surface area contributed by atoms with E-state index in [2.05, 4.69) is 38.9 Å². The number of aliphatic imine (C=N–C) groups is 3. The molecule has 0 aromatic carbocycles. The molecule has 0 amide bonds. The summed E-state index contributed by atoms with van der Waals surface area (Å²) in [7, 11) is 1.74. The summed E-state index contributed by atoms with van der Waals surface area (Å²) in [6.07, 6.45) is 8.47. The third-order valence-corrected chi connectivity index (χ3v) is 7.08. The predicted molar refractivity (Wildman–Crippen MR) is 136 cm³/mol. The summed E-state index contributed by atoms with van der Waals surface area (Å²) >= 11 is 0. The second-order valence-electron chi connectivity index (χ2n) is 9.91. The predicted octanol–water partition coefficient (Wildman–Crippen LogP) is 1.89. The van der Waals surface area contributed by atoms with Gasteiger partial charge in [0.2, 0.25) is 5.96 Å². The summed E-state index contributed by atoms with van der Waals surface area (Å²) in [6, 6.07) is 3.74. The van der Waals surface area contributed by atoms with Crippen LogP contribution in [0.3, 0.4) is 0 Å². The van der Waals surface area contributed by atoms with Gasteiger partial charge >= 0.3 is 0 Å². The van der Waals surface area contributed by atoms with Crippen LogP contribution < -0.4 is 16.0 Å². The normalized spacial score (nSPS) is 27.2. The maximum absolute atomic E-state index is 9.67. The molecule has 3 aliphatic heterocycles. The van der Waals surface area contributed by atoms with E-state index in [1.807, 2.05) is 6.08 Å². The molecule has 0 unspecified atom stereocenters. The van der Waals surface area contributed by atoms with Crippen LogP contribution >= 0.6 is 0 Å². The van der Waals surface area contributed by atoms with E-state index in [0.29, 0.717) is 75.7 Å². The first-order chi connectivity index (χ1) is 17.1. The minimum atomic E-state index is -0.488. The molecule has 1 aliphatic carbocycles. The number of amidine groups is 1. The molecule has 10 nitrogen and oxygen atoms in total. The van der Waals surface area contributed by atoms with Crippen LogP contribution in [0.15, 0.2) is 26.9 Å². The molecule has 1 saturated carbocycles. The van der Waals surface area contributed by atoms with Crippen LogP contribution in [0, 0.1) is 16.7 Å². The number of methoxy groups -OCH3 is 1. The second kappa shape index (κ2) is 12.5. The zero-order valence-corrected chi connectivity index (χ0v) is 21.0. The second-order valence-corrected chi connectivity index (χ2v) is 9.91. The number of nitriles is 1. The van der Waals surface area contributed by atoms with Crippen molar-refractivity contribution in [2.75, 3.05) is 46.6 Å². The smallest absolute Gasteiger partial charge is 0.218 e. The maximum atomic E-state index is 9.67. The monoisotopic (exact) mass is 485 g/mol. The van der Waals surface area contributed by atoms with E-state index < -0.39 is 5.41 Å². The average Bonchev–Trinajstić information content (AvgIpc) is 2.90. The quantitative estimate of drug-likeness (QED) is 0.455. The van der Waals surface area contributed by atoms with Gasteiger partial charge in [-0.05, 0) is 51.5 Å². The topological polar surface area (TPSA) is 125 Å². The largest absolute Gasteiger partial charge is 0.477 e. The molecule has 4 aliphatic rings. The van der Waals surface area contributed by atoms with E-state index >= 15 is 0 Å². The lowest BCUT2D eigenvalue weighted by atomic mass is 9.83. The molecule has 0 radical (unpaired) electrons. The number of hydrogen-bond acceptors (Lipinski definition) is 10. The van der Waals surface area contributed by atoms with Crippen LogP contribution in [-0.2, 0) is 14.2 Å². The zero-order valence-electron chi connectivity index (χ0n) is 21.0. The summed E-state index contributed by atoms with van der Waals surface area (Å²) in [5, 5.41) is 20.2. The number of ether oxygens (including phenoxy) is 3. The van der Waals surface area contributed by atoms with Crippen molar-refractivity contribution in [1.82, 2.24) is 16.0 Å².